The lowest BCUT2D eigenvalue weighted by molar-refractivity contribution is 0.671. The van der Waals surface area contributed by atoms with Crippen LogP contribution in [0.15, 0.2) is 54.3 Å². The zero-order chi connectivity index (χ0) is 12.9. The van der Waals surface area contributed by atoms with Crippen LogP contribution in [-0.4, -0.2) is 8.07 Å². The largest absolute Gasteiger partial charge is 0.104 e. The first-order valence-corrected chi connectivity index (χ1v) is 9.49. The van der Waals surface area contributed by atoms with E-state index in [4.69, 9.17) is 0 Å². The van der Waals surface area contributed by atoms with Gasteiger partial charge in [0.05, 0.1) is 0 Å². The summed E-state index contributed by atoms with van der Waals surface area (Å²) in [6.07, 6.45) is 3.21. The summed E-state index contributed by atoms with van der Waals surface area (Å²) in [6.45, 7) is 13.3. The molecule has 1 aromatic rings. The van der Waals surface area contributed by atoms with E-state index in [1.165, 1.54) is 17.2 Å². The molecule has 0 fully saturated rings. The van der Waals surface area contributed by atoms with Crippen molar-refractivity contribution in [3.8, 4) is 0 Å². The fourth-order valence-corrected chi connectivity index (χ4v) is 4.46. The summed E-state index contributed by atoms with van der Waals surface area (Å²) in [7, 11) is -1.48. The van der Waals surface area contributed by atoms with E-state index in [1.54, 1.807) is 0 Å². The molecule has 17 heavy (non-hydrogen) atoms. The Morgan fingerprint density at radius 3 is 2.35 bits per heavy atom. The Labute approximate surface area is 107 Å². The maximum atomic E-state index is 3.96. The minimum Gasteiger partial charge on any atom is -0.0988 e. The predicted octanol–water partition coefficient (Wildman–Crippen LogP) is 4.30. The minimum absolute atomic E-state index is 0.614. The first-order chi connectivity index (χ1) is 8.01. The molecule has 92 valence electrons. The van der Waals surface area contributed by atoms with Gasteiger partial charge in [-0.05, 0) is 12.3 Å². The second-order valence-corrected chi connectivity index (χ2v) is 9.55. The molecule has 1 aromatic carbocycles. The second kappa shape index (κ2) is 6.01. The molecule has 0 aromatic heterocycles. The van der Waals surface area contributed by atoms with Crippen LogP contribution in [0.2, 0.25) is 13.1 Å². The molecule has 1 atom stereocenters. The fraction of sp³-hybridized carbons (Fsp3) is 0.375. The Morgan fingerprint density at radius 1 is 1.29 bits per heavy atom. The summed E-state index contributed by atoms with van der Waals surface area (Å²) < 4.78 is 0. The number of rotatable bonds is 5. The highest BCUT2D eigenvalue weighted by Gasteiger charge is 2.21. The molecule has 0 spiro atoms. The van der Waals surface area contributed by atoms with Gasteiger partial charge in [0.1, 0.15) is 8.07 Å². The highest BCUT2D eigenvalue weighted by molar-refractivity contribution is 6.94. The van der Waals surface area contributed by atoms with Gasteiger partial charge in [-0.3, -0.25) is 0 Å². The zero-order valence-electron chi connectivity index (χ0n) is 11.5. The van der Waals surface area contributed by atoms with Crippen LogP contribution in [0.4, 0.5) is 0 Å². The average molecular weight is 244 g/mol. The van der Waals surface area contributed by atoms with E-state index in [2.05, 4.69) is 69.6 Å². The van der Waals surface area contributed by atoms with E-state index in [0.717, 1.165) is 0 Å². The Bertz CT molecular complexity index is 387. The van der Waals surface area contributed by atoms with Crippen molar-refractivity contribution in [2.24, 2.45) is 5.92 Å². The second-order valence-electron chi connectivity index (χ2n) is 5.25. The number of hydrogen-bond donors (Lipinski definition) is 0. The summed E-state index contributed by atoms with van der Waals surface area (Å²) in [4.78, 5) is 0. The van der Waals surface area contributed by atoms with Gasteiger partial charge in [-0.1, -0.05) is 86.4 Å². The number of benzene rings is 1. The molecule has 0 radical (unpaired) electrons. The third-order valence-electron chi connectivity index (χ3n) is 3.46. The van der Waals surface area contributed by atoms with Gasteiger partial charge in [-0.15, -0.1) is 0 Å². The van der Waals surface area contributed by atoms with E-state index in [1.807, 2.05) is 6.08 Å². The summed E-state index contributed by atoms with van der Waals surface area (Å²) in [5.41, 5.74) is 3.90. The fourth-order valence-electron chi connectivity index (χ4n) is 2.01. The van der Waals surface area contributed by atoms with Crippen LogP contribution in [0, 0.1) is 5.92 Å². The summed E-state index contributed by atoms with van der Waals surface area (Å²) in [5.74, 6) is 0.614. The smallest absolute Gasteiger partial charge is 0.0988 e. The molecular weight excluding hydrogens is 220 g/mol. The van der Waals surface area contributed by atoms with Gasteiger partial charge in [0.2, 0.25) is 0 Å². The maximum Gasteiger partial charge on any atom is 0.104 e. The van der Waals surface area contributed by atoms with Crippen molar-refractivity contribution in [3.63, 3.8) is 0 Å². The van der Waals surface area contributed by atoms with Crippen LogP contribution in [0.1, 0.15) is 20.3 Å². The molecule has 0 nitrogen and oxygen atoms in total. The van der Waals surface area contributed by atoms with Crippen molar-refractivity contribution >= 4 is 13.3 Å². The van der Waals surface area contributed by atoms with Crippen molar-refractivity contribution in [1.29, 1.82) is 0 Å². The molecule has 0 heterocycles. The van der Waals surface area contributed by atoms with Gasteiger partial charge in [0, 0.05) is 0 Å². The Morgan fingerprint density at radius 2 is 1.88 bits per heavy atom. The zero-order valence-corrected chi connectivity index (χ0v) is 12.5. The van der Waals surface area contributed by atoms with Crippen molar-refractivity contribution in [1.82, 2.24) is 0 Å². The molecule has 1 rings (SSSR count). The van der Waals surface area contributed by atoms with Crippen molar-refractivity contribution in [2.75, 3.05) is 0 Å². The van der Waals surface area contributed by atoms with Crippen LogP contribution < -0.4 is 5.19 Å². The van der Waals surface area contributed by atoms with Crippen molar-refractivity contribution in [3.05, 3.63) is 54.3 Å². The molecule has 0 saturated heterocycles. The van der Waals surface area contributed by atoms with Crippen LogP contribution in [0.3, 0.4) is 0 Å². The standard InChI is InChI=1S/C16H24Si/c1-6-14(3)15(7-2)13-17(4,5)16-11-9-8-10-12-16/h7-14H,2,6H2,1,3-5H3/b15-13+. The molecule has 0 saturated carbocycles. The van der Waals surface area contributed by atoms with Crippen LogP contribution in [0.25, 0.3) is 0 Å². The monoisotopic (exact) mass is 244 g/mol. The lowest BCUT2D eigenvalue weighted by atomic mass is 10.0. The Balaban J connectivity index is 3.06. The van der Waals surface area contributed by atoms with E-state index in [9.17, 15) is 0 Å². The summed E-state index contributed by atoms with van der Waals surface area (Å²) in [6, 6.07) is 10.9. The molecule has 1 heteroatoms. The van der Waals surface area contributed by atoms with E-state index in [-0.39, 0.29) is 0 Å². The SMILES string of the molecule is C=C/C(=C\[Si](C)(C)c1ccccc1)C(C)CC. The summed E-state index contributed by atoms with van der Waals surface area (Å²) in [5, 5.41) is 1.49. The predicted molar refractivity (Wildman–Crippen MR) is 81.3 cm³/mol. The van der Waals surface area contributed by atoms with E-state index in [0.29, 0.717) is 5.92 Å². The topological polar surface area (TPSA) is 0 Å². The van der Waals surface area contributed by atoms with Crippen molar-refractivity contribution in [2.45, 2.75) is 33.4 Å². The quantitative estimate of drug-likeness (QED) is 0.535. The Kier molecular flexibility index (Phi) is 4.95. The molecule has 0 aliphatic carbocycles. The van der Waals surface area contributed by atoms with Gasteiger partial charge in [-0.25, -0.2) is 0 Å². The molecule has 0 amide bonds. The average Bonchev–Trinajstić information content (AvgIpc) is 2.36. The normalized spacial score (nSPS) is 14.5. The molecule has 0 bridgehead atoms. The lowest BCUT2D eigenvalue weighted by Crippen LogP contribution is -2.40. The van der Waals surface area contributed by atoms with Gasteiger partial charge >= 0.3 is 0 Å². The summed E-state index contributed by atoms with van der Waals surface area (Å²) >= 11 is 0. The van der Waals surface area contributed by atoms with Crippen LogP contribution in [-0.2, 0) is 0 Å². The molecule has 0 aliphatic rings. The van der Waals surface area contributed by atoms with Gasteiger partial charge < -0.3 is 0 Å². The minimum atomic E-state index is -1.48. The van der Waals surface area contributed by atoms with E-state index >= 15 is 0 Å². The van der Waals surface area contributed by atoms with Gasteiger partial charge in [0.15, 0.2) is 0 Å². The van der Waals surface area contributed by atoms with Gasteiger partial charge in [-0.2, -0.15) is 0 Å². The van der Waals surface area contributed by atoms with Crippen LogP contribution in [0.5, 0.6) is 0 Å². The molecule has 1 unspecified atom stereocenters. The molecular formula is C16H24Si. The first-order valence-electron chi connectivity index (χ1n) is 6.42. The van der Waals surface area contributed by atoms with E-state index < -0.39 is 8.07 Å². The number of allylic oxidation sites excluding steroid dienone is 2. The van der Waals surface area contributed by atoms with Crippen molar-refractivity contribution < 1.29 is 0 Å². The maximum absolute atomic E-state index is 3.96. The molecule has 0 aliphatic heterocycles. The Hall–Kier alpha value is -1.08. The van der Waals surface area contributed by atoms with Gasteiger partial charge in [0.25, 0.3) is 0 Å². The highest BCUT2D eigenvalue weighted by atomic mass is 28.3. The third kappa shape index (κ3) is 3.71. The molecule has 0 N–H and O–H groups in total. The highest BCUT2D eigenvalue weighted by Crippen LogP contribution is 2.19. The first kappa shape index (κ1) is 14.0. The third-order valence-corrected chi connectivity index (χ3v) is 6.34. The number of hydrogen-bond acceptors (Lipinski definition) is 0. The lowest BCUT2D eigenvalue weighted by Gasteiger charge is -2.22. The van der Waals surface area contributed by atoms with Crippen LogP contribution >= 0.6 is 0 Å².